The smallest absolute Gasteiger partial charge is 0.238 e. The van der Waals surface area contributed by atoms with Crippen molar-refractivity contribution in [3.8, 4) is 0 Å². The van der Waals surface area contributed by atoms with Gasteiger partial charge in [-0.3, -0.25) is 4.72 Å². The summed E-state index contributed by atoms with van der Waals surface area (Å²) in [7, 11) is -7.50. The van der Waals surface area contributed by atoms with Crippen LogP contribution in [0.2, 0.25) is 0 Å². The molecule has 0 aromatic heterocycles. The molecule has 0 saturated heterocycles. The van der Waals surface area contributed by atoms with Crippen LogP contribution in [0.5, 0.6) is 0 Å². The highest BCUT2D eigenvalue weighted by molar-refractivity contribution is 7.94. The van der Waals surface area contributed by atoms with Gasteiger partial charge in [-0.2, -0.15) is 0 Å². The van der Waals surface area contributed by atoms with Crippen LogP contribution >= 0.6 is 0 Å². The molecule has 0 bridgehead atoms. The van der Waals surface area contributed by atoms with Crippen molar-refractivity contribution >= 4 is 25.7 Å². The zero-order chi connectivity index (χ0) is 15.1. The summed E-state index contributed by atoms with van der Waals surface area (Å²) >= 11 is 0. The molecular weight excluding hydrogens is 288 g/mol. The topological polar surface area (TPSA) is 106 Å². The van der Waals surface area contributed by atoms with E-state index in [1.54, 1.807) is 20.8 Å². The Morgan fingerprint density at radius 2 is 1.63 bits per heavy atom. The minimum Gasteiger partial charge on any atom is -0.283 e. The van der Waals surface area contributed by atoms with E-state index in [0.717, 1.165) is 0 Å². The van der Waals surface area contributed by atoms with Crippen LogP contribution in [0, 0.1) is 6.92 Å². The summed E-state index contributed by atoms with van der Waals surface area (Å²) in [5.41, 5.74) is 0.485. The van der Waals surface area contributed by atoms with Gasteiger partial charge in [0.15, 0.2) is 0 Å². The summed E-state index contributed by atoms with van der Waals surface area (Å²) in [5.74, 6) is 0. The van der Waals surface area contributed by atoms with Crippen LogP contribution in [0.3, 0.4) is 0 Å². The van der Waals surface area contributed by atoms with Gasteiger partial charge in [0.05, 0.1) is 15.3 Å². The Bertz CT molecular complexity index is 686. The standard InChI is InChI=1S/C11H18N2O4S2/c1-8-9(13-19(16,17)11(2,3)4)6-5-7-10(8)18(12,14)15/h5-7,13H,1-4H3,(H2,12,14,15). The lowest BCUT2D eigenvalue weighted by Crippen LogP contribution is -2.34. The van der Waals surface area contributed by atoms with E-state index in [9.17, 15) is 16.8 Å². The van der Waals surface area contributed by atoms with E-state index >= 15 is 0 Å². The van der Waals surface area contributed by atoms with Crippen molar-refractivity contribution < 1.29 is 16.8 Å². The maximum atomic E-state index is 12.0. The lowest BCUT2D eigenvalue weighted by atomic mass is 10.2. The Kier molecular flexibility index (Phi) is 4.00. The molecule has 3 N–H and O–H groups in total. The van der Waals surface area contributed by atoms with Gasteiger partial charge in [0.1, 0.15) is 0 Å². The molecule has 0 aliphatic heterocycles. The highest BCUT2D eigenvalue weighted by Gasteiger charge is 2.29. The first-order chi connectivity index (χ1) is 8.36. The van der Waals surface area contributed by atoms with Crippen LogP contribution in [-0.4, -0.2) is 21.6 Å². The predicted octanol–water partition coefficient (Wildman–Crippen LogP) is 1.18. The van der Waals surface area contributed by atoms with Crippen LogP contribution in [0.15, 0.2) is 23.1 Å². The van der Waals surface area contributed by atoms with Crippen molar-refractivity contribution in [2.24, 2.45) is 5.14 Å². The molecule has 0 amide bonds. The fraction of sp³-hybridized carbons (Fsp3) is 0.455. The van der Waals surface area contributed by atoms with Crippen LogP contribution in [0.25, 0.3) is 0 Å². The molecule has 1 aromatic rings. The van der Waals surface area contributed by atoms with E-state index in [2.05, 4.69) is 4.72 Å². The van der Waals surface area contributed by atoms with Gasteiger partial charge in [0.25, 0.3) is 0 Å². The molecule has 0 heterocycles. The van der Waals surface area contributed by atoms with Gasteiger partial charge in [-0.25, -0.2) is 22.0 Å². The normalized spacial score (nSPS) is 13.3. The zero-order valence-corrected chi connectivity index (χ0v) is 12.9. The van der Waals surface area contributed by atoms with Gasteiger partial charge in [0, 0.05) is 0 Å². The van der Waals surface area contributed by atoms with Gasteiger partial charge in [0.2, 0.25) is 20.0 Å². The maximum Gasteiger partial charge on any atom is 0.238 e. The maximum absolute atomic E-state index is 12.0. The number of hydrogen-bond donors (Lipinski definition) is 2. The van der Waals surface area contributed by atoms with Crippen LogP contribution in [0.1, 0.15) is 26.3 Å². The number of benzene rings is 1. The van der Waals surface area contributed by atoms with Gasteiger partial charge < -0.3 is 0 Å². The Hall–Kier alpha value is -1.12. The molecule has 8 heteroatoms. The van der Waals surface area contributed by atoms with Gasteiger partial charge in [-0.15, -0.1) is 0 Å². The lowest BCUT2D eigenvalue weighted by molar-refractivity contribution is 0.566. The monoisotopic (exact) mass is 306 g/mol. The largest absolute Gasteiger partial charge is 0.283 e. The van der Waals surface area contributed by atoms with E-state index in [1.165, 1.54) is 25.1 Å². The Morgan fingerprint density at radius 3 is 2.05 bits per heavy atom. The number of hydrogen-bond acceptors (Lipinski definition) is 4. The first kappa shape index (κ1) is 15.9. The Balaban J connectivity index is 3.34. The van der Waals surface area contributed by atoms with E-state index < -0.39 is 24.8 Å². The zero-order valence-electron chi connectivity index (χ0n) is 11.3. The molecule has 1 aromatic carbocycles. The summed E-state index contributed by atoms with van der Waals surface area (Å²) in [6.07, 6.45) is 0. The number of nitrogens with two attached hydrogens (primary N) is 1. The van der Waals surface area contributed by atoms with Crippen molar-refractivity contribution in [1.82, 2.24) is 0 Å². The lowest BCUT2D eigenvalue weighted by Gasteiger charge is -2.21. The molecule has 108 valence electrons. The second kappa shape index (κ2) is 4.77. The van der Waals surface area contributed by atoms with E-state index in [0.29, 0.717) is 0 Å². The molecule has 19 heavy (non-hydrogen) atoms. The van der Waals surface area contributed by atoms with Crippen molar-refractivity contribution in [1.29, 1.82) is 0 Å². The van der Waals surface area contributed by atoms with Gasteiger partial charge in [-0.05, 0) is 45.4 Å². The van der Waals surface area contributed by atoms with Gasteiger partial charge in [-0.1, -0.05) is 6.07 Å². The molecule has 0 radical (unpaired) electrons. The van der Waals surface area contributed by atoms with E-state index in [1.807, 2.05) is 0 Å². The van der Waals surface area contributed by atoms with Crippen LogP contribution in [0.4, 0.5) is 5.69 Å². The fourth-order valence-electron chi connectivity index (χ4n) is 1.33. The molecule has 0 aliphatic carbocycles. The molecular formula is C11H18N2O4S2. The summed E-state index contributed by atoms with van der Waals surface area (Å²) in [5, 5.41) is 5.07. The number of rotatable bonds is 3. The van der Waals surface area contributed by atoms with Crippen molar-refractivity contribution in [2.75, 3.05) is 4.72 Å². The number of nitrogens with one attached hydrogen (secondary N) is 1. The quantitative estimate of drug-likeness (QED) is 0.874. The minimum atomic E-state index is -3.88. The molecule has 0 spiro atoms. The van der Waals surface area contributed by atoms with Crippen molar-refractivity contribution in [3.63, 3.8) is 0 Å². The van der Waals surface area contributed by atoms with E-state index in [4.69, 9.17) is 5.14 Å². The second-order valence-corrected chi connectivity index (χ2v) is 9.16. The first-order valence-electron chi connectivity index (χ1n) is 5.51. The summed E-state index contributed by atoms with van der Waals surface area (Å²) in [6, 6.07) is 4.26. The third-order valence-electron chi connectivity index (χ3n) is 2.64. The molecule has 0 aliphatic rings. The highest BCUT2D eigenvalue weighted by Crippen LogP contribution is 2.25. The summed E-state index contributed by atoms with van der Waals surface area (Å²) in [6.45, 7) is 6.15. The average molecular weight is 306 g/mol. The molecule has 6 nitrogen and oxygen atoms in total. The highest BCUT2D eigenvalue weighted by atomic mass is 32.2. The average Bonchev–Trinajstić information content (AvgIpc) is 2.17. The molecule has 0 atom stereocenters. The number of anilines is 1. The Morgan fingerprint density at radius 1 is 1.11 bits per heavy atom. The SMILES string of the molecule is Cc1c(NS(=O)(=O)C(C)(C)C)cccc1S(N)(=O)=O. The first-order valence-corrected chi connectivity index (χ1v) is 8.54. The fourth-order valence-corrected chi connectivity index (χ4v) is 2.95. The second-order valence-electron chi connectivity index (χ2n) is 5.19. The third-order valence-corrected chi connectivity index (χ3v) is 5.80. The van der Waals surface area contributed by atoms with Crippen molar-refractivity contribution in [2.45, 2.75) is 37.3 Å². The van der Waals surface area contributed by atoms with Crippen LogP contribution < -0.4 is 9.86 Å². The van der Waals surface area contributed by atoms with Crippen molar-refractivity contribution in [3.05, 3.63) is 23.8 Å². The Labute approximate surface area is 114 Å². The van der Waals surface area contributed by atoms with Gasteiger partial charge >= 0.3 is 0 Å². The number of sulfonamides is 2. The predicted molar refractivity (Wildman–Crippen MR) is 74.8 cm³/mol. The molecule has 0 unspecified atom stereocenters. The minimum absolute atomic E-state index is 0.0957. The molecule has 1 rings (SSSR count). The molecule has 0 saturated carbocycles. The number of primary sulfonamides is 1. The van der Waals surface area contributed by atoms with Crippen LogP contribution in [-0.2, 0) is 20.0 Å². The third kappa shape index (κ3) is 3.46. The van der Waals surface area contributed by atoms with E-state index in [-0.39, 0.29) is 16.1 Å². The molecule has 0 fully saturated rings. The summed E-state index contributed by atoms with van der Waals surface area (Å²) < 4.78 is 48.2. The summed E-state index contributed by atoms with van der Waals surface area (Å²) in [4.78, 5) is -0.0957.